The summed E-state index contributed by atoms with van der Waals surface area (Å²) in [6.45, 7) is 9.91. The van der Waals surface area contributed by atoms with E-state index in [0.717, 1.165) is 5.56 Å². The third-order valence-corrected chi connectivity index (χ3v) is 3.34. The van der Waals surface area contributed by atoms with Gasteiger partial charge in [-0.1, -0.05) is 12.1 Å². The van der Waals surface area contributed by atoms with Crippen LogP contribution in [0, 0.1) is 10.1 Å². The Morgan fingerprint density at radius 1 is 1.21 bits per heavy atom. The molecule has 158 valence electrons. The molecule has 0 bridgehead atoms. The summed E-state index contributed by atoms with van der Waals surface area (Å²) in [6.07, 6.45) is -0.492. The van der Waals surface area contributed by atoms with Gasteiger partial charge in [0.25, 0.3) is 5.69 Å². The van der Waals surface area contributed by atoms with E-state index in [0.29, 0.717) is 19.0 Å². The van der Waals surface area contributed by atoms with Gasteiger partial charge in [-0.05, 0) is 40.2 Å². The van der Waals surface area contributed by atoms with Gasteiger partial charge in [0.1, 0.15) is 5.60 Å². The highest BCUT2D eigenvalue weighted by molar-refractivity contribution is 14.0. The average Bonchev–Trinajstić information content (AvgIpc) is 2.52. The summed E-state index contributed by atoms with van der Waals surface area (Å²) in [4.78, 5) is 26.5. The summed E-state index contributed by atoms with van der Waals surface area (Å²) in [6, 6.07) is 6.39. The van der Waals surface area contributed by atoms with Gasteiger partial charge in [-0.2, -0.15) is 0 Å². The van der Waals surface area contributed by atoms with Crippen molar-refractivity contribution in [1.29, 1.82) is 0 Å². The zero-order chi connectivity index (χ0) is 20.7. The third-order valence-electron chi connectivity index (χ3n) is 3.34. The fourth-order valence-electron chi connectivity index (χ4n) is 2.12. The molecule has 1 aromatic rings. The van der Waals surface area contributed by atoms with E-state index >= 15 is 0 Å². The van der Waals surface area contributed by atoms with Crippen molar-refractivity contribution in [2.75, 3.05) is 13.6 Å². The van der Waals surface area contributed by atoms with Crippen molar-refractivity contribution in [3.8, 4) is 0 Å². The number of amides is 1. The first kappa shape index (κ1) is 25.9. The monoisotopic (exact) mass is 507 g/mol. The molecular formula is C18H30IN5O4. The van der Waals surface area contributed by atoms with Crippen LogP contribution in [0.2, 0.25) is 0 Å². The van der Waals surface area contributed by atoms with E-state index in [2.05, 4.69) is 20.9 Å². The number of carbonyl (C=O) groups excluding carboxylic acids is 1. The molecule has 1 aromatic carbocycles. The predicted octanol–water partition coefficient (Wildman–Crippen LogP) is 3.18. The van der Waals surface area contributed by atoms with E-state index in [-0.39, 0.29) is 29.7 Å². The first-order valence-electron chi connectivity index (χ1n) is 8.61. The molecule has 1 rings (SSSR count). The topological polar surface area (TPSA) is 118 Å². The molecule has 1 amide bonds. The van der Waals surface area contributed by atoms with Crippen LogP contribution < -0.4 is 16.0 Å². The highest BCUT2D eigenvalue weighted by Crippen LogP contribution is 2.13. The number of alkyl carbamates (subject to hydrolysis) is 1. The second-order valence-corrected chi connectivity index (χ2v) is 7.72. The van der Waals surface area contributed by atoms with Crippen LogP contribution in [0.3, 0.4) is 0 Å². The normalized spacial score (nSPS) is 11.9. The number of hydrogen-bond donors (Lipinski definition) is 3. The van der Waals surface area contributed by atoms with E-state index in [1.807, 2.05) is 13.8 Å². The maximum atomic E-state index is 11.9. The van der Waals surface area contributed by atoms with Crippen LogP contribution in [0.25, 0.3) is 0 Å². The molecule has 28 heavy (non-hydrogen) atoms. The molecule has 0 radical (unpaired) electrons. The van der Waals surface area contributed by atoms with E-state index in [9.17, 15) is 14.9 Å². The summed E-state index contributed by atoms with van der Waals surface area (Å²) < 4.78 is 5.26. The van der Waals surface area contributed by atoms with Gasteiger partial charge in [0, 0.05) is 32.3 Å². The Bertz CT molecular complexity index is 701. The van der Waals surface area contributed by atoms with Crippen molar-refractivity contribution in [3.63, 3.8) is 0 Å². The first-order valence-corrected chi connectivity index (χ1v) is 8.61. The van der Waals surface area contributed by atoms with Gasteiger partial charge in [0.2, 0.25) is 0 Å². The molecule has 0 aliphatic carbocycles. The average molecular weight is 507 g/mol. The number of nitrogens with one attached hydrogen (secondary N) is 3. The second kappa shape index (κ2) is 11.0. The quantitative estimate of drug-likeness (QED) is 0.179. The van der Waals surface area contributed by atoms with Crippen LogP contribution in [0.5, 0.6) is 0 Å². The maximum absolute atomic E-state index is 11.9. The third kappa shape index (κ3) is 10.3. The maximum Gasteiger partial charge on any atom is 0.408 e. The number of non-ortho nitro benzene ring substituents is 1. The smallest absolute Gasteiger partial charge is 0.408 e. The number of nitro benzene ring substituents is 1. The number of ether oxygens (including phenoxy) is 1. The van der Waals surface area contributed by atoms with Crippen molar-refractivity contribution in [1.82, 2.24) is 16.0 Å². The number of hydrogen-bond acceptors (Lipinski definition) is 5. The molecule has 9 nitrogen and oxygen atoms in total. The Balaban J connectivity index is 0.00000729. The fourth-order valence-corrected chi connectivity index (χ4v) is 2.12. The number of rotatable bonds is 6. The lowest BCUT2D eigenvalue weighted by molar-refractivity contribution is -0.384. The van der Waals surface area contributed by atoms with Gasteiger partial charge >= 0.3 is 6.09 Å². The van der Waals surface area contributed by atoms with Gasteiger partial charge in [-0.25, -0.2) is 4.79 Å². The van der Waals surface area contributed by atoms with Gasteiger partial charge in [0.15, 0.2) is 5.96 Å². The van der Waals surface area contributed by atoms with E-state index in [1.165, 1.54) is 12.1 Å². The summed E-state index contributed by atoms with van der Waals surface area (Å²) in [7, 11) is 1.62. The summed E-state index contributed by atoms with van der Waals surface area (Å²) in [5, 5.41) is 19.9. The molecule has 0 atom stereocenters. The highest BCUT2D eigenvalue weighted by atomic mass is 127. The standard InChI is InChI=1S/C18H29N5O4.HI/c1-17(2,3)27-16(24)22-18(4,5)12-21-15(19-6)20-11-13-8-7-9-14(10-13)23(25)26;/h7-10H,11-12H2,1-6H3,(H,22,24)(H2,19,20,21);1H. The van der Waals surface area contributed by atoms with Crippen LogP contribution >= 0.6 is 24.0 Å². The molecule has 10 heteroatoms. The van der Waals surface area contributed by atoms with Gasteiger partial charge in [-0.15, -0.1) is 24.0 Å². The van der Waals surface area contributed by atoms with E-state index in [4.69, 9.17) is 4.74 Å². The SMILES string of the molecule is CN=C(NCc1cccc([N+](=O)[O-])c1)NCC(C)(C)NC(=O)OC(C)(C)C.I. The largest absolute Gasteiger partial charge is 0.444 e. The van der Waals surface area contributed by atoms with Crippen LogP contribution in [-0.2, 0) is 11.3 Å². The lowest BCUT2D eigenvalue weighted by atomic mass is 10.1. The van der Waals surface area contributed by atoms with Crippen molar-refractivity contribution in [2.24, 2.45) is 4.99 Å². The van der Waals surface area contributed by atoms with Crippen molar-refractivity contribution >= 4 is 41.7 Å². The Morgan fingerprint density at radius 3 is 2.39 bits per heavy atom. The predicted molar refractivity (Wildman–Crippen MR) is 120 cm³/mol. The minimum atomic E-state index is -0.578. The van der Waals surface area contributed by atoms with E-state index < -0.39 is 22.2 Å². The molecule has 0 saturated carbocycles. The number of carbonyl (C=O) groups is 1. The van der Waals surface area contributed by atoms with Crippen LogP contribution in [0.1, 0.15) is 40.2 Å². The molecule has 0 saturated heterocycles. The zero-order valence-corrected chi connectivity index (χ0v) is 19.5. The molecule has 0 fully saturated rings. The highest BCUT2D eigenvalue weighted by Gasteiger charge is 2.24. The number of benzene rings is 1. The van der Waals surface area contributed by atoms with Crippen LogP contribution in [0.4, 0.5) is 10.5 Å². The van der Waals surface area contributed by atoms with E-state index in [1.54, 1.807) is 40.0 Å². The molecule has 0 aromatic heterocycles. The Morgan fingerprint density at radius 2 is 1.86 bits per heavy atom. The van der Waals surface area contributed by atoms with Crippen molar-refractivity contribution < 1.29 is 14.5 Å². The van der Waals surface area contributed by atoms with Crippen molar-refractivity contribution in [3.05, 3.63) is 39.9 Å². The van der Waals surface area contributed by atoms with Gasteiger partial charge in [-0.3, -0.25) is 15.1 Å². The molecule has 0 unspecified atom stereocenters. The van der Waals surface area contributed by atoms with Crippen LogP contribution in [-0.4, -0.2) is 41.7 Å². The number of aliphatic imine (C=N–C) groups is 1. The minimum Gasteiger partial charge on any atom is -0.444 e. The second-order valence-electron chi connectivity index (χ2n) is 7.72. The lowest BCUT2D eigenvalue weighted by Crippen LogP contribution is -2.54. The van der Waals surface area contributed by atoms with Crippen molar-refractivity contribution in [2.45, 2.75) is 52.3 Å². The number of nitrogens with zero attached hydrogens (tertiary/aromatic N) is 2. The first-order chi connectivity index (χ1) is 12.4. The summed E-state index contributed by atoms with van der Waals surface area (Å²) in [5.74, 6) is 0.514. The zero-order valence-electron chi connectivity index (χ0n) is 17.2. The van der Waals surface area contributed by atoms with Crippen LogP contribution in [0.15, 0.2) is 29.3 Å². The molecule has 0 aliphatic heterocycles. The number of nitro groups is 1. The number of halogens is 1. The molecular weight excluding hydrogens is 477 g/mol. The fraction of sp³-hybridized carbons (Fsp3) is 0.556. The molecule has 0 aliphatic rings. The van der Waals surface area contributed by atoms with Gasteiger partial charge < -0.3 is 20.7 Å². The lowest BCUT2D eigenvalue weighted by Gasteiger charge is -2.29. The summed E-state index contributed by atoms with van der Waals surface area (Å²) in [5.41, 5.74) is -0.340. The Hall–Kier alpha value is -2.11. The summed E-state index contributed by atoms with van der Waals surface area (Å²) >= 11 is 0. The molecule has 0 heterocycles. The molecule has 3 N–H and O–H groups in total. The Kier molecular flexibility index (Phi) is 10.2. The molecule has 0 spiro atoms. The minimum absolute atomic E-state index is 0. The van der Waals surface area contributed by atoms with Gasteiger partial charge in [0.05, 0.1) is 10.5 Å². The Labute approximate surface area is 182 Å². The number of guanidine groups is 1.